The number of para-hydroxylation sites is 2. The Labute approximate surface area is 155 Å². The van der Waals surface area contributed by atoms with Crippen LogP contribution in [0, 0.1) is 5.92 Å². The highest BCUT2D eigenvalue weighted by Crippen LogP contribution is 2.25. The SMILES string of the molecule is COc1ccccc1NC(=O)N1CCCC(C(=O)NC2CCCCC2)C1. The monoisotopic (exact) mass is 359 g/mol. The number of benzene rings is 1. The number of carbonyl (C=O) groups excluding carboxylic acids is 2. The number of amides is 3. The number of carbonyl (C=O) groups is 2. The van der Waals surface area contributed by atoms with Gasteiger partial charge in [0, 0.05) is 19.1 Å². The lowest BCUT2D eigenvalue weighted by atomic mass is 9.93. The molecule has 6 heteroatoms. The quantitative estimate of drug-likeness (QED) is 0.866. The third-order valence-corrected chi connectivity index (χ3v) is 5.38. The van der Waals surface area contributed by atoms with E-state index in [1.54, 1.807) is 12.0 Å². The standard InChI is InChI=1S/C20H29N3O3/c1-26-18-12-6-5-11-17(18)22-20(25)23-13-7-8-15(14-23)19(24)21-16-9-3-2-4-10-16/h5-6,11-12,15-16H,2-4,7-10,13-14H2,1H3,(H,21,24)(H,22,25). The molecule has 1 aliphatic carbocycles. The number of urea groups is 1. The number of hydrogen-bond donors (Lipinski definition) is 2. The fourth-order valence-electron chi connectivity index (χ4n) is 3.88. The molecule has 1 atom stereocenters. The maximum Gasteiger partial charge on any atom is 0.321 e. The first-order valence-electron chi connectivity index (χ1n) is 9.66. The predicted octanol–water partition coefficient (Wildman–Crippen LogP) is 3.39. The molecule has 2 aliphatic rings. The third-order valence-electron chi connectivity index (χ3n) is 5.38. The Morgan fingerprint density at radius 3 is 2.62 bits per heavy atom. The Kier molecular flexibility index (Phi) is 6.36. The Balaban J connectivity index is 1.55. The summed E-state index contributed by atoms with van der Waals surface area (Å²) in [5, 5.41) is 6.10. The summed E-state index contributed by atoms with van der Waals surface area (Å²) in [6.45, 7) is 1.15. The molecule has 3 amide bonds. The zero-order chi connectivity index (χ0) is 18.4. The lowest BCUT2D eigenvalue weighted by Gasteiger charge is -2.33. The summed E-state index contributed by atoms with van der Waals surface area (Å²) < 4.78 is 5.28. The van der Waals surface area contributed by atoms with Crippen molar-refractivity contribution in [1.29, 1.82) is 0 Å². The minimum atomic E-state index is -0.176. The maximum atomic E-state index is 12.6. The van der Waals surface area contributed by atoms with Crippen molar-refractivity contribution in [3.63, 3.8) is 0 Å². The normalized spacial score (nSPS) is 21.1. The van der Waals surface area contributed by atoms with Crippen LogP contribution in [0.15, 0.2) is 24.3 Å². The molecule has 2 fully saturated rings. The highest BCUT2D eigenvalue weighted by molar-refractivity contribution is 5.91. The summed E-state index contributed by atoms with van der Waals surface area (Å²) in [6.07, 6.45) is 7.52. The van der Waals surface area contributed by atoms with Gasteiger partial charge in [-0.05, 0) is 37.8 Å². The molecule has 1 saturated heterocycles. The Bertz CT molecular complexity index is 628. The van der Waals surface area contributed by atoms with Crippen molar-refractivity contribution < 1.29 is 14.3 Å². The van der Waals surface area contributed by atoms with Crippen molar-refractivity contribution in [2.45, 2.75) is 51.0 Å². The minimum absolute atomic E-state index is 0.103. The van der Waals surface area contributed by atoms with Crippen molar-refractivity contribution in [1.82, 2.24) is 10.2 Å². The van der Waals surface area contributed by atoms with E-state index in [1.807, 2.05) is 24.3 Å². The van der Waals surface area contributed by atoms with Gasteiger partial charge >= 0.3 is 6.03 Å². The maximum absolute atomic E-state index is 12.6. The number of likely N-dealkylation sites (tertiary alicyclic amines) is 1. The van der Waals surface area contributed by atoms with E-state index in [0.717, 1.165) is 25.7 Å². The highest BCUT2D eigenvalue weighted by Gasteiger charge is 2.30. The lowest BCUT2D eigenvalue weighted by Crippen LogP contribution is -2.48. The molecular formula is C20H29N3O3. The Hall–Kier alpha value is -2.24. The molecular weight excluding hydrogens is 330 g/mol. The summed E-state index contributed by atoms with van der Waals surface area (Å²) in [5.74, 6) is 0.616. The molecule has 3 rings (SSSR count). The number of rotatable bonds is 4. The molecule has 0 spiro atoms. The second-order valence-electron chi connectivity index (χ2n) is 7.26. The number of nitrogens with one attached hydrogen (secondary N) is 2. The van der Waals surface area contributed by atoms with Crippen LogP contribution in [-0.2, 0) is 4.79 Å². The second kappa shape index (κ2) is 8.92. The van der Waals surface area contributed by atoms with E-state index in [1.165, 1.54) is 19.3 Å². The van der Waals surface area contributed by atoms with E-state index in [-0.39, 0.29) is 17.9 Å². The number of hydrogen-bond acceptors (Lipinski definition) is 3. The van der Waals surface area contributed by atoms with Gasteiger partial charge in [0.15, 0.2) is 0 Å². The third kappa shape index (κ3) is 4.68. The fourth-order valence-corrected chi connectivity index (χ4v) is 3.88. The Morgan fingerprint density at radius 2 is 1.85 bits per heavy atom. The zero-order valence-electron chi connectivity index (χ0n) is 15.5. The van der Waals surface area contributed by atoms with Gasteiger partial charge in [0.2, 0.25) is 5.91 Å². The van der Waals surface area contributed by atoms with Crippen molar-refractivity contribution in [2.24, 2.45) is 5.92 Å². The molecule has 1 aromatic carbocycles. The highest BCUT2D eigenvalue weighted by atomic mass is 16.5. The first kappa shape index (κ1) is 18.5. The molecule has 1 aromatic rings. The van der Waals surface area contributed by atoms with E-state index in [4.69, 9.17) is 4.74 Å². The first-order chi connectivity index (χ1) is 12.7. The van der Waals surface area contributed by atoms with E-state index >= 15 is 0 Å². The van der Waals surface area contributed by atoms with Crippen molar-refractivity contribution in [3.05, 3.63) is 24.3 Å². The average molecular weight is 359 g/mol. The number of ether oxygens (including phenoxy) is 1. The van der Waals surface area contributed by atoms with Crippen LogP contribution in [0.1, 0.15) is 44.9 Å². The van der Waals surface area contributed by atoms with Crippen LogP contribution in [0.2, 0.25) is 0 Å². The number of piperidine rings is 1. The van der Waals surface area contributed by atoms with Gasteiger partial charge in [0.25, 0.3) is 0 Å². The average Bonchev–Trinajstić information content (AvgIpc) is 2.69. The van der Waals surface area contributed by atoms with Crippen LogP contribution < -0.4 is 15.4 Å². The fraction of sp³-hybridized carbons (Fsp3) is 0.600. The summed E-state index contributed by atoms with van der Waals surface area (Å²) in [4.78, 5) is 27.0. The van der Waals surface area contributed by atoms with Gasteiger partial charge in [0.1, 0.15) is 5.75 Å². The zero-order valence-corrected chi connectivity index (χ0v) is 15.5. The second-order valence-corrected chi connectivity index (χ2v) is 7.26. The van der Waals surface area contributed by atoms with Gasteiger partial charge in [-0.3, -0.25) is 4.79 Å². The van der Waals surface area contributed by atoms with Gasteiger partial charge in [-0.1, -0.05) is 31.4 Å². The number of methoxy groups -OCH3 is 1. The lowest BCUT2D eigenvalue weighted by molar-refractivity contribution is -0.127. The molecule has 2 N–H and O–H groups in total. The molecule has 6 nitrogen and oxygen atoms in total. The summed E-state index contributed by atoms with van der Waals surface area (Å²) in [6, 6.07) is 7.48. The van der Waals surface area contributed by atoms with Gasteiger partial charge in [-0.15, -0.1) is 0 Å². The molecule has 26 heavy (non-hydrogen) atoms. The molecule has 1 unspecified atom stereocenters. The molecule has 0 aromatic heterocycles. The van der Waals surface area contributed by atoms with Crippen molar-refractivity contribution in [3.8, 4) is 5.75 Å². The number of nitrogens with zero attached hydrogens (tertiary/aromatic N) is 1. The first-order valence-corrected chi connectivity index (χ1v) is 9.66. The van der Waals surface area contributed by atoms with Gasteiger partial charge in [0.05, 0.1) is 18.7 Å². The van der Waals surface area contributed by atoms with Crippen LogP contribution in [0.3, 0.4) is 0 Å². The van der Waals surface area contributed by atoms with Gasteiger partial charge in [-0.25, -0.2) is 4.79 Å². The number of anilines is 1. The van der Waals surface area contributed by atoms with E-state index in [2.05, 4.69) is 10.6 Å². The summed E-state index contributed by atoms with van der Waals surface area (Å²) >= 11 is 0. The largest absolute Gasteiger partial charge is 0.495 e. The molecule has 0 radical (unpaired) electrons. The van der Waals surface area contributed by atoms with Crippen LogP contribution in [-0.4, -0.2) is 43.1 Å². The van der Waals surface area contributed by atoms with E-state index in [9.17, 15) is 9.59 Å². The smallest absolute Gasteiger partial charge is 0.321 e. The molecule has 1 saturated carbocycles. The van der Waals surface area contributed by atoms with Crippen LogP contribution in [0.5, 0.6) is 5.75 Å². The van der Waals surface area contributed by atoms with E-state index < -0.39 is 0 Å². The van der Waals surface area contributed by atoms with Crippen molar-refractivity contribution in [2.75, 3.05) is 25.5 Å². The molecule has 1 aliphatic heterocycles. The van der Waals surface area contributed by atoms with Crippen LogP contribution in [0.25, 0.3) is 0 Å². The van der Waals surface area contributed by atoms with Crippen molar-refractivity contribution >= 4 is 17.6 Å². The molecule has 1 heterocycles. The van der Waals surface area contributed by atoms with E-state index in [0.29, 0.717) is 30.6 Å². The van der Waals surface area contributed by atoms with Crippen LogP contribution >= 0.6 is 0 Å². The molecule has 0 bridgehead atoms. The summed E-state index contributed by atoms with van der Waals surface area (Å²) in [5.41, 5.74) is 0.647. The Morgan fingerprint density at radius 1 is 1.08 bits per heavy atom. The van der Waals surface area contributed by atoms with Gasteiger partial charge < -0.3 is 20.3 Å². The molecule has 142 valence electrons. The topological polar surface area (TPSA) is 70.7 Å². The minimum Gasteiger partial charge on any atom is -0.495 e. The predicted molar refractivity (Wildman–Crippen MR) is 101 cm³/mol. The van der Waals surface area contributed by atoms with Gasteiger partial charge in [-0.2, -0.15) is 0 Å². The van der Waals surface area contributed by atoms with Crippen LogP contribution in [0.4, 0.5) is 10.5 Å². The summed E-state index contributed by atoms with van der Waals surface area (Å²) in [7, 11) is 1.58.